The highest BCUT2D eigenvalue weighted by atomic mass is 19.4. The second kappa shape index (κ2) is 3.50. The summed E-state index contributed by atoms with van der Waals surface area (Å²) in [5.41, 5.74) is -3.81. The molecule has 0 aliphatic heterocycles. The molecule has 0 N–H and O–H groups in total. The molecule has 0 spiro atoms. The summed E-state index contributed by atoms with van der Waals surface area (Å²) < 4.78 is 91.0. The molecular formula is C7H9F7O. The van der Waals surface area contributed by atoms with E-state index in [-0.39, 0.29) is 21.0 Å². The van der Waals surface area contributed by atoms with Crippen molar-refractivity contribution in [2.45, 2.75) is 37.5 Å². The van der Waals surface area contributed by atoms with Crippen LogP contribution >= 0.6 is 0 Å². The lowest BCUT2D eigenvalue weighted by atomic mass is 9.95. The molecule has 0 aliphatic rings. The number of rotatable bonds is 4. The summed E-state index contributed by atoms with van der Waals surface area (Å²) >= 11 is 0. The number of methoxy groups -OCH3 is 1. The number of halogens is 7. The molecular weight excluding hydrogens is 233 g/mol. The molecule has 0 heterocycles. The van der Waals surface area contributed by atoms with Gasteiger partial charge in [-0.15, -0.1) is 0 Å². The topological polar surface area (TPSA) is 9.23 Å². The van der Waals surface area contributed by atoms with Crippen LogP contribution in [0.2, 0.25) is 0 Å². The minimum absolute atomic E-state index is 0.0760. The van der Waals surface area contributed by atoms with Crippen molar-refractivity contribution in [3.63, 3.8) is 0 Å². The summed E-state index contributed by atoms with van der Waals surface area (Å²) in [4.78, 5) is 0. The van der Waals surface area contributed by atoms with Gasteiger partial charge in [0, 0.05) is 7.11 Å². The smallest absolute Gasteiger partial charge is 0.319 e. The molecule has 15 heavy (non-hydrogen) atoms. The maximum absolute atomic E-state index is 12.7. The first-order valence-corrected chi connectivity index (χ1v) is 3.69. The molecule has 0 aliphatic carbocycles. The van der Waals surface area contributed by atoms with E-state index < -0.39 is 23.6 Å². The fourth-order valence-corrected chi connectivity index (χ4v) is 0.684. The first kappa shape index (κ1) is 14.5. The largest absolute Gasteiger partial charge is 0.425 e. The molecule has 0 amide bonds. The molecule has 0 rings (SSSR count). The number of hydrogen-bond donors (Lipinski definition) is 0. The van der Waals surface area contributed by atoms with Crippen molar-refractivity contribution in [1.29, 1.82) is 0 Å². The van der Waals surface area contributed by atoms with Crippen LogP contribution in [0.25, 0.3) is 0 Å². The van der Waals surface area contributed by atoms with Gasteiger partial charge in [-0.25, -0.2) is 4.39 Å². The Kier molecular flexibility index (Phi) is 3.37. The summed E-state index contributed by atoms with van der Waals surface area (Å²) in [5, 5.41) is 0. The first-order chi connectivity index (χ1) is 6.31. The van der Waals surface area contributed by atoms with E-state index in [0.29, 0.717) is 0 Å². The highest BCUT2D eigenvalue weighted by Crippen LogP contribution is 2.51. The van der Waals surface area contributed by atoms with Gasteiger partial charge in [0.05, 0.1) is 0 Å². The van der Waals surface area contributed by atoms with Gasteiger partial charge in [0.1, 0.15) is 0 Å². The zero-order chi connectivity index (χ0) is 12.7. The Morgan fingerprint density at radius 2 is 1.07 bits per heavy atom. The zero-order valence-electron chi connectivity index (χ0n) is 8.05. The molecule has 0 bridgehead atoms. The van der Waals surface area contributed by atoms with E-state index in [1.165, 1.54) is 0 Å². The third kappa shape index (κ3) is 2.04. The third-order valence-electron chi connectivity index (χ3n) is 1.76. The van der Waals surface area contributed by atoms with Gasteiger partial charge in [0.2, 0.25) is 0 Å². The number of alkyl halides is 7. The Labute approximate surface area is 81.2 Å². The highest BCUT2D eigenvalue weighted by Gasteiger charge is 2.77. The minimum atomic E-state index is -5.94. The fraction of sp³-hybridized carbons (Fsp3) is 1.00. The van der Waals surface area contributed by atoms with E-state index in [0.717, 1.165) is 0 Å². The van der Waals surface area contributed by atoms with Crippen LogP contribution in [-0.4, -0.2) is 30.7 Å². The Hall–Kier alpha value is -0.530. The second-order valence-electron chi connectivity index (χ2n) is 3.34. The Morgan fingerprint density at radius 1 is 0.733 bits per heavy atom. The zero-order valence-corrected chi connectivity index (χ0v) is 8.05. The van der Waals surface area contributed by atoms with Crippen LogP contribution in [0.5, 0.6) is 0 Å². The van der Waals surface area contributed by atoms with Gasteiger partial charge in [-0.05, 0) is 13.8 Å². The highest BCUT2D eigenvalue weighted by molar-refractivity contribution is 5.01. The van der Waals surface area contributed by atoms with E-state index in [4.69, 9.17) is 0 Å². The van der Waals surface area contributed by atoms with Gasteiger partial charge in [0.25, 0.3) is 0 Å². The van der Waals surface area contributed by atoms with Crippen molar-refractivity contribution in [3.05, 3.63) is 0 Å². The molecule has 0 fully saturated rings. The molecule has 1 nitrogen and oxygen atoms in total. The summed E-state index contributed by atoms with van der Waals surface area (Å²) in [6, 6.07) is 0. The first-order valence-electron chi connectivity index (χ1n) is 3.69. The van der Waals surface area contributed by atoms with Crippen molar-refractivity contribution < 1.29 is 35.5 Å². The lowest BCUT2D eigenvalue weighted by Crippen LogP contribution is -2.62. The molecule has 0 atom stereocenters. The molecule has 0 aromatic carbocycles. The number of hydrogen-bond acceptors (Lipinski definition) is 1. The molecule has 92 valence electrons. The van der Waals surface area contributed by atoms with Crippen molar-refractivity contribution in [2.75, 3.05) is 7.11 Å². The molecule has 0 saturated heterocycles. The number of ether oxygens (including phenoxy) is 1. The van der Waals surface area contributed by atoms with Gasteiger partial charge in [-0.1, -0.05) is 0 Å². The lowest BCUT2D eigenvalue weighted by Gasteiger charge is -2.36. The van der Waals surface area contributed by atoms with Gasteiger partial charge < -0.3 is 4.74 Å². The van der Waals surface area contributed by atoms with Crippen LogP contribution in [0.3, 0.4) is 0 Å². The molecule has 0 radical (unpaired) electrons. The van der Waals surface area contributed by atoms with Crippen molar-refractivity contribution >= 4 is 0 Å². The summed E-state index contributed by atoms with van der Waals surface area (Å²) in [7, 11) is 0.120. The summed E-state index contributed by atoms with van der Waals surface area (Å²) in [6.07, 6.45) is -5.44. The van der Waals surface area contributed by atoms with Crippen LogP contribution in [0.15, 0.2) is 0 Å². The maximum Gasteiger partial charge on any atom is 0.425 e. The maximum atomic E-state index is 12.7. The van der Waals surface area contributed by atoms with Crippen LogP contribution in [0, 0.1) is 0 Å². The van der Waals surface area contributed by atoms with Gasteiger partial charge in [0.15, 0.2) is 5.67 Å². The van der Waals surface area contributed by atoms with Crippen LogP contribution in [0.4, 0.5) is 30.7 Å². The van der Waals surface area contributed by atoms with Gasteiger partial charge >= 0.3 is 18.0 Å². The minimum Gasteiger partial charge on any atom is -0.319 e. The molecule has 0 saturated carbocycles. The summed E-state index contributed by atoms with van der Waals surface area (Å²) in [5.74, 6) is -11.5. The molecule has 8 heteroatoms. The standard InChI is InChI=1S/C7H9F7O/c1-4(2,8)5(9,10)6(11,12)7(13,14)15-3/h1-3H3. The molecule has 0 aromatic heterocycles. The Morgan fingerprint density at radius 3 is 1.27 bits per heavy atom. The van der Waals surface area contributed by atoms with Crippen LogP contribution in [0.1, 0.15) is 13.8 Å². The van der Waals surface area contributed by atoms with E-state index in [9.17, 15) is 30.7 Å². The second-order valence-corrected chi connectivity index (χ2v) is 3.34. The predicted molar refractivity (Wildman–Crippen MR) is 37.0 cm³/mol. The molecule has 0 unspecified atom stereocenters. The SMILES string of the molecule is COC(F)(F)C(F)(F)C(F)(F)C(C)(C)F. The van der Waals surface area contributed by atoms with Crippen molar-refractivity contribution in [2.24, 2.45) is 0 Å². The lowest BCUT2D eigenvalue weighted by molar-refractivity contribution is -0.407. The summed E-state index contributed by atoms with van der Waals surface area (Å²) in [6.45, 7) is 0.152. The Balaban J connectivity index is 5.38. The van der Waals surface area contributed by atoms with Crippen LogP contribution < -0.4 is 0 Å². The van der Waals surface area contributed by atoms with Crippen molar-refractivity contribution in [1.82, 2.24) is 0 Å². The van der Waals surface area contributed by atoms with E-state index in [2.05, 4.69) is 4.74 Å². The van der Waals surface area contributed by atoms with E-state index >= 15 is 0 Å². The fourth-order valence-electron chi connectivity index (χ4n) is 0.684. The van der Waals surface area contributed by atoms with Gasteiger partial charge in [-0.3, -0.25) is 0 Å². The monoisotopic (exact) mass is 242 g/mol. The molecule has 0 aromatic rings. The predicted octanol–water partition coefficient (Wildman–Crippen LogP) is 3.24. The average molecular weight is 242 g/mol. The average Bonchev–Trinajstić information content (AvgIpc) is 2.01. The van der Waals surface area contributed by atoms with Gasteiger partial charge in [-0.2, -0.15) is 26.3 Å². The van der Waals surface area contributed by atoms with E-state index in [1.54, 1.807) is 0 Å². The quantitative estimate of drug-likeness (QED) is 0.687. The van der Waals surface area contributed by atoms with Crippen molar-refractivity contribution in [3.8, 4) is 0 Å². The third-order valence-corrected chi connectivity index (χ3v) is 1.76. The normalized spacial score (nSPS) is 15.6. The Bertz CT molecular complexity index is 230. The van der Waals surface area contributed by atoms with E-state index in [1.807, 2.05) is 0 Å². The van der Waals surface area contributed by atoms with Crippen LogP contribution in [-0.2, 0) is 4.74 Å².